The molecule has 2 heterocycles. The number of hydrogen-bond acceptors (Lipinski definition) is 5. The minimum absolute atomic E-state index is 0.622. The third-order valence-electron chi connectivity index (χ3n) is 4.03. The summed E-state index contributed by atoms with van der Waals surface area (Å²) in [5.41, 5.74) is 1.12. The van der Waals surface area contributed by atoms with Crippen molar-refractivity contribution in [2.24, 2.45) is 0 Å². The molecule has 0 bridgehead atoms. The van der Waals surface area contributed by atoms with Gasteiger partial charge in [0.25, 0.3) is 0 Å². The van der Waals surface area contributed by atoms with Crippen LogP contribution in [0.4, 0.5) is 11.6 Å². The van der Waals surface area contributed by atoms with Crippen LogP contribution >= 0.6 is 0 Å². The Kier molecular flexibility index (Phi) is 5.17. The van der Waals surface area contributed by atoms with E-state index in [0.717, 1.165) is 42.5 Å². The van der Waals surface area contributed by atoms with Crippen molar-refractivity contribution in [2.75, 3.05) is 37.3 Å². The van der Waals surface area contributed by atoms with Crippen molar-refractivity contribution in [3.05, 3.63) is 11.4 Å². The number of likely N-dealkylation sites (N-methyl/N-ethyl adjacent to an activating group) is 1. The predicted molar refractivity (Wildman–Crippen MR) is 84.5 cm³/mol. The second kappa shape index (κ2) is 6.88. The molecule has 1 aliphatic heterocycles. The summed E-state index contributed by atoms with van der Waals surface area (Å²) < 4.78 is 0. The summed E-state index contributed by atoms with van der Waals surface area (Å²) in [4.78, 5) is 11.6. The van der Waals surface area contributed by atoms with E-state index in [4.69, 9.17) is 0 Å². The molecule has 1 aromatic heterocycles. The largest absolute Gasteiger partial charge is 0.370 e. The van der Waals surface area contributed by atoms with Gasteiger partial charge in [0.05, 0.1) is 0 Å². The fourth-order valence-corrected chi connectivity index (χ4v) is 2.68. The second-order valence-electron chi connectivity index (χ2n) is 5.50. The summed E-state index contributed by atoms with van der Waals surface area (Å²) in [5.74, 6) is 2.84. The fourth-order valence-electron chi connectivity index (χ4n) is 2.68. The van der Waals surface area contributed by atoms with Crippen molar-refractivity contribution in [2.45, 2.75) is 46.1 Å². The number of nitrogens with one attached hydrogen (secondary N) is 2. The van der Waals surface area contributed by atoms with Crippen LogP contribution in [0.25, 0.3) is 0 Å². The zero-order chi connectivity index (χ0) is 14.5. The molecule has 1 fully saturated rings. The molecule has 0 radical (unpaired) electrons. The Balaban J connectivity index is 2.11. The quantitative estimate of drug-likeness (QED) is 0.835. The first-order valence-electron chi connectivity index (χ1n) is 7.71. The van der Waals surface area contributed by atoms with Gasteiger partial charge in [-0.05, 0) is 40.3 Å². The van der Waals surface area contributed by atoms with Crippen LogP contribution in [0, 0.1) is 6.92 Å². The van der Waals surface area contributed by atoms with Crippen LogP contribution in [-0.2, 0) is 6.42 Å². The Morgan fingerprint density at radius 2 is 1.90 bits per heavy atom. The molecule has 1 aliphatic rings. The molecular formula is C15H27N5. The minimum atomic E-state index is 0.622. The molecule has 0 aromatic carbocycles. The van der Waals surface area contributed by atoms with Crippen LogP contribution in [0.15, 0.2) is 0 Å². The lowest BCUT2D eigenvalue weighted by molar-refractivity contribution is 0.322. The van der Waals surface area contributed by atoms with Gasteiger partial charge in [-0.2, -0.15) is 0 Å². The van der Waals surface area contributed by atoms with Crippen LogP contribution in [-0.4, -0.2) is 47.6 Å². The summed E-state index contributed by atoms with van der Waals surface area (Å²) in [6, 6.07) is 0.622. The van der Waals surface area contributed by atoms with Crippen molar-refractivity contribution in [3.63, 3.8) is 0 Å². The monoisotopic (exact) mass is 277 g/mol. The normalized spacial score (nSPS) is 19.3. The average molecular weight is 277 g/mol. The first kappa shape index (κ1) is 15.0. The molecule has 0 saturated carbocycles. The molecule has 20 heavy (non-hydrogen) atoms. The van der Waals surface area contributed by atoms with Gasteiger partial charge < -0.3 is 15.5 Å². The number of likely N-dealkylation sites (tertiary alicyclic amines) is 1. The predicted octanol–water partition coefficient (Wildman–Crippen LogP) is 2.29. The van der Waals surface area contributed by atoms with Gasteiger partial charge in [-0.25, -0.2) is 9.97 Å². The molecule has 0 amide bonds. The van der Waals surface area contributed by atoms with E-state index >= 15 is 0 Å². The Morgan fingerprint density at radius 3 is 2.45 bits per heavy atom. The van der Waals surface area contributed by atoms with E-state index in [-0.39, 0.29) is 0 Å². The number of aromatic nitrogens is 2. The van der Waals surface area contributed by atoms with Gasteiger partial charge in [0.2, 0.25) is 0 Å². The molecule has 1 atom stereocenters. The Labute approximate surface area is 122 Å². The summed E-state index contributed by atoms with van der Waals surface area (Å²) in [6.07, 6.45) is 3.43. The highest BCUT2D eigenvalue weighted by Crippen LogP contribution is 2.21. The number of aryl methyl sites for hydroxylation is 1. The number of hydrogen-bond donors (Lipinski definition) is 2. The molecule has 2 rings (SSSR count). The number of rotatable bonds is 6. The van der Waals surface area contributed by atoms with Gasteiger partial charge in [0.1, 0.15) is 17.5 Å². The van der Waals surface area contributed by atoms with E-state index in [2.05, 4.69) is 53.3 Å². The average Bonchev–Trinajstić information content (AvgIpc) is 2.85. The van der Waals surface area contributed by atoms with E-state index in [0.29, 0.717) is 6.04 Å². The lowest BCUT2D eigenvalue weighted by Crippen LogP contribution is -2.32. The Bertz CT molecular complexity index is 446. The smallest absolute Gasteiger partial charge is 0.134 e. The van der Waals surface area contributed by atoms with Crippen molar-refractivity contribution < 1.29 is 0 Å². The first-order chi connectivity index (χ1) is 9.65. The van der Waals surface area contributed by atoms with E-state index < -0.39 is 0 Å². The SMILES string of the molecule is CCNc1nc(CC)nc(NCC2CCCN2C)c1C. The van der Waals surface area contributed by atoms with Gasteiger partial charge in [-0.15, -0.1) is 0 Å². The summed E-state index contributed by atoms with van der Waals surface area (Å²) in [6.45, 7) is 9.31. The minimum Gasteiger partial charge on any atom is -0.370 e. The molecular weight excluding hydrogens is 250 g/mol. The zero-order valence-corrected chi connectivity index (χ0v) is 13.2. The maximum Gasteiger partial charge on any atom is 0.134 e. The highest BCUT2D eigenvalue weighted by atomic mass is 15.2. The summed E-state index contributed by atoms with van der Waals surface area (Å²) >= 11 is 0. The van der Waals surface area contributed by atoms with Crippen molar-refractivity contribution >= 4 is 11.6 Å². The maximum absolute atomic E-state index is 4.64. The highest BCUT2D eigenvalue weighted by molar-refractivity contribution is 5.57. The van der Waals surface area contributed by atoms with Crippen molar-refractivity contribution in [3.8, 4) is 0 Å². The molecule has 0 spiro atoms. The second-order valence-corrected chi connectivity index (χ2v) is 5.50. The molecule has 1 unspecified atom stereocenters. The van der Waals surface area contributed by atoms with E-state index in [1.807, 2.05) is 0 Å². The van der Waals surface area contributed by atoms with E-state index in [1.54, 1.807) is 0 Å². The van der Waals surface area contributed by atoms with Gasteiger partial charge in [-0.3, -0.25) is 0 Å². The molecule has 0 aliphatic carbocycles. The Morgan fingerprint density at radius 1 is 1.20 bits per heavy atom. The highest BCUT2D eigenvalue weighted by Gasteiger charge is 2.21. The van der Waals surface area contributed by atoms with E-state index in [9.17, 15) is 0 Å². The third kappa shape index (κ3) is 3.39. The molecule has 5 nitrogen and oxygen atoms in total. The van der Waals surface area contributed by atoms with Crippen LogP contribution in [0.1, 0.15) is 38.1 Å². The van der Waals surface area contributed by atoms with Gasteiger partial charge in [0, 0.05) is 31.1 Å². The van der Waals surface area contributed by atoms with Crippen molar-refractivity contribution in [1.82, 2.24) is 14.9 Å². The summed E-state index contributed by atoms with van der Waals surface area (Å²) in [7, 11) is 2.20. The standard InChI is InChI=1S/C15H27N5/c1-5-13-18-14(16-6-2)11(3)15(19-13)17-10-12-8-7-9-20(12)4/h12H,5-10H2,1-4H3,(H2,16,17,18,19). The topological polar surface area (TPSA) is 53.1 Å². The van der Waals surface area contributed by atoms with Crippen LogP contribution in [0.2, 0.25) is 0 Å². The first-order valence-corrected chi connectivity index (χ1v) is 7.71. The van der Waals surface area contributed by atoms with Gasteiger partial charge >= 0.3 is 0 Å². The molecule has 5 heteroatoms. The van der Waals surface area contributed by atoms with Crippen LogP contribution < -0.4 is 10.6 Å². The Hall–Kier alpha value is -1.36. The molecule has 1 aromatic rings. The number of nitrogens with zero attached hydrogens (tertiary/aromatic N) is 3. The van der Waals surface area contributed by atoms with Gasteiger partial charge in [-0.1, -0.05) is 6.92 Å². The molecule has 112 valence electrons. The van der Waals surface area contributed by atoms with E-state index in [1.165, 1.54) is 19.4 Å². The third-order valence-corrected chi connectivity index (χ3v) is 4.03. The summed E-state index contributed by atoms with van der Waals surface area (Å²) in [5, 5.41) is 6.85. The lowest BCUT2D eigenvalue weighted by atomic mass is 10.2. The zero-order valence-electron chi connectivity index (χ0n) is 13.2. The van der Waals surface area contributed by atoms with Crippen molar-refractivity contribution in [1.29, 1.82) is 0 Å². The molecule has 1 saturated heterocycles. The van der Waals surface area contributed by atoms with Gasteiger partial charge in [0.15, 0.2) is 0 Å². The maximum atomic E-state index is 4.64. The van der Waals surface area contributed by atoms with Crippen LogP contribution in [0.5, 0.6) is 0 Å². The fraction of sp³-hybridized carbons (Fsp3) is 0.733. The molecule has 2 N–H and O–H groups in total. The lowest BCUT2D eigenvalue weighted by Gasteiger charge is -2.21. The number of anilines is 2. The van der Waals surface area contributed by atoms with Crippen LogP contribution in [0.3, 0.4) is 0 Å².